The number of aliphatic imine (C=N–C) groups is 1. The third kappa shape index (κ3) is 4.06. The number of pyridine rings is 1. The van der Waals surface area contributed by atoms with Gasteiger partial charge in [-0.15, -0.1) is 11.3 Å². The first-order valence-electron chi connectivity index (χ1n) is 8.40. The van der Waals surface area contributed by atoms with Crippen LogP contribution in [0.25, 0.3) is 15.9 Å². The lowest BCUT2D eigenvalue weighted by Gasteiger charge is -2.12. The largest absolute Gasteiger partial charge is 0.398 e. The Bertz CT molecular complexity index is 771. The van der Waals surface area contributed by atoms with E-state index in [2.05, 4.69) is 41.6 Å². The maximum absolute atomic E-state index is 6.16. The second-order valence-electron chi connectivity index (χ2n) is 6.53. The molecule has 1 fully saturated rings. The second-order valence-corrected chi connectivity index (χ2v) is 7.58. The Hall–Kier alpha value is -2.08. The van der Waals surface area contributed by atoms with Crippen molar-refractivity contribution in [1.29, 1.82) is 0 Å². The summed E-state index contributed by atoms with van der Waals surface area (Å²) in [6.45, 7) is 5.27. The van der Waals surface area contributed by atoms with Crippen LogP contribution >= 0.6 is 11.3 Å². The smallest absolute Gasteiger partial charge is 0.128 e. The van der Waals surface area contributed by atoms with Crippen molar-refractivity contribution < 1.29 is 0 Å². The number of nitrogens with two attached hydrogens (primary N) is 1. The zero-order valence-electron chi connectivity index (χ0n) is 14.5. The summed E-state index contributed by atoms with van der Waals surface area (Å²) in [4.78, 5) is 9.73. The molecule has 2 aromatic rings. The summed E-state index contributed by atoms with van der Waals surface area (Å²) < 4.78 is 1.16. The van der Waals surface area contributed by atoms with Crippen molar-refractivity contribution >= 4 is 45.0 Å². The summed E-state index contributed by atoms with van der Waals surface area (Å²) in [5.74, 6) is 1.72. The highest BCUT2D eigenvalue weighted by Crippen LogP contribution is 2.36. The van der Waals surface area contributed by atoms with Gasteiger partial charge in [0.15, 0.2) is 0 Å². The first-order chi connectivity index (χ1) is 11.6. The van der Waals surface area contributed by atoms with E-state index in [0.717, 1.165) is 44.8 Å². The summed E-state index contributed by atoms with van der Waals surface area (Å²) in [5.41, 5.74) is 9.00. The number of nitrogens with zero attached hydrogens (tertiary/aromatic N) is 2. The van der Waals surface area contributed by atoms with Crippen LogP contribution in [0.2, 0.25) is 0 Å². The van der Waals surface area contributed by atoms with Gasteiger partial charge < -0.3 is 16.4 Å². The minimum absolute atomic E-state index is 0.343. The Morgan fingerprint density at radius 1 is 1.46 bits per heavy atom. The average Bonchev–Trinajstić information content (AvgIpc) is 3.26. The van der Waals surface area contributed by atoms with Crippen LogP contribution in [0.1, 0.15) is 31.6 Å². The van der Waals surface area contributed by atoms with Crippen molar-refractivity contribution in [1.82, 2.24) is 4.98 Å². The van der Waals surface area contributed by atoms with Gasteiger partial charge in [-0.05, 0) is 44.7 Å². The van der Waals surface area contributed by atoms with Gasteiger partial charge in [0.05, 0.1) is 26.5 Å². The molecule has 6 heteroatoms. The summed E-state index contributed by atoms with van der Waals surface area (Å²) in [6, 6.07) is 4.51. The highest BCUT2D eigenvalue weighted by Gasteiger charge is 2.21. The van der Waals surface area contributed by atoms with Crippen LogP contribution in [0.3, 0.4) is 0 Å². The molecule has 2 heterocycles. The van der Waals surface area contributed by atoms with Crippen LogP contribution in [-0.2, 0) is 0 Å². The van der Waals surface area contributed by atoms with Gasteiger partial charge in [0.2, 0.25) is 0 Å². The number of hydrogen-bond acceptors (Lipinski definition) is 6. The number of thiophene rings is 1. The normalized spacial score (nSPS) is 15.6. The van der Waals surface area contributed by atoms with Crippen molar-refractivity contribution in [2.24, 2.45) is 16.6 Å². The Balaban J connectivity index is 1.98. The average molecular weight is 344 g/mol. The molecule has 1 saturated carbocycles. The molecule has 1 aliphatic carbocycles. The number of anilines is 2. The zero-order chi connectivity index (χ0) is 17.1. The molecule has 0 atom stereocenters. The standard InChI is InChI=1S/C18H25N5S/c1-11(2)22-17-9-14(21-10-12-4-5-12)18-15(23-17)8-16(24-18)13(19)6-7-20-3/h6-9,11-12H,4-5,10,19H2,1-3H3,(H2,21,22,23)/b13-6-,20-7?. The van der Waals surface area contributed by atoms with Crippen LogP contribution in [0.5, 0.6) is 0 Å². The van der Waals surface area contributed by atoms with Crippen LogP contribution in [0, 0.1) is 5.92 Å². The first kappa shape index (κ1) is 16.8. The topological polar surface area (TPSA) is 75.3 Å². The summed E-state index contributed by atoms with van der Waals surface area (Å²) >= 11 is 1.67. The van der Waals surface area contributed by atoms with Crippen molar-refractivity contribution in [3.63, 3.8) is 0 Å². The number of rotatable bonds is 7. The molecule has 128 valence electrons. The van der Waals surface area contributed by atoms with Crippen molar-refractivity contribution in [3.8, 4) is 0 Å². The molecule has 3 rings (SSSR count). The van der Waals surface area contributed by atoms with E-state index in [1.165, 1.54) is 12.8 Å². The minimum Gasteiger partial charge on any atom is -0.398 e. The van der Waals surface area contributed by atoms with E-state index in [4.69, 9.17) is 10.7 Å². The van der Waals surface area contributed by atoms with Gasteiger partial charge in [0, 0.05) is 31.9 Å². The summed E-state index contributed by atoms with van der Waals surface area (Å²) in [5, 5.41) is 7.00. The molecule has 0 bridgehead atoms. The number of nitrogens with one attached hydrogen (secondary N) is 2. The molecular weight excluding hydrogens is 318 g/mol. The van der Waals surface area contributed by atoms with E-state index in [9.17, 15) is 0 Å². The van der Waals surface area contributed by atoms with Gasteiger partial charge in [0.1, 0.15) is 5.82 Å². The fourth-order valence-electron chi connectivity index (χ4n) is 2.48. The number of allylic oxidation sites excluding steroid dienone is 1. The number of aromatic nitrogens is 1. The van der Waals surface area contributed by atoms with Crippen molar-refractivity contribution in [2.45, 2.75) is 32.7 Å². The molecule has 5 nitrogen and oxygen atoms in total. The Labute approximate surface area is 147 Å². The first-order valence-corrected chi connectivity index (χ1v) is 9.21. The highest BCUT2D eigenvalue weighted by molar-refractivity contribution is 7.20. The lowest BCUT2D eigenvalue weighted by Crippen LogP contribution is -2.12. The molecule has 0 aromatic carbocycles. The molecule has 0 amide bonds. The number of hydrogen-bond donors (Lipinski definition) is 3. The molecule has 0 unspecified atom stereocenters. The molecular formula is C18H25N5S. The fourth-order valence-corrected chi connectivity index (χ4v) is 3.50. The molecule has 2 aromatic heterocycles. The Kier molecular flexibility index (Phi) is 5.04. The zero-order valence-corrected chi connectivity index (χ0v) is 15.3. The minimum atomic E-state index is 0.343. The molecule has 0 aliphatic heterocycles. The summed E-state index contributed by atoms with van der Waals surface area (Å²) in [6.07, 6.45) is 6.21. The third-order valence-corrected chi connectivity index (χ3v) is 5.09. The number of fused-ring (bicyclic) bond motifs is 1. The van der Waals surface area contributed by atoms with Gasteiger partial charge >= 0.3 is 0 Å². The fraction of sp³-hybridized carbons (Fsp3) is 0.444. The third-order valence-electron chi connectivity index (χ3n) is 3.88. The van der Waals surface area contributed by atoms with Gasteiger partial charge in [0.25, 0.3) is 0 Å². The van der Waals surface area contributed by atoms with E-state index in [1.807, 2.05) is 6.08 Å². The maximum atomic E-state index is 6.16. The molecule has 4 N–H and O–H groups in total. The van der Waals surface area contributed by atoms with Crippen LogP contribution in [0.4, 0.5) is 11.5 Å². The van der Waals surface area contributed by atoms with Crippen LogP contribution < -0.4 is 16.4 Å². The van der Waals surface area contributed by atoms with Gasteiger partial charge in [-0.2, -0.15) is 0 Å². The molecule has 1 aliphatic rings. The maximum Gasteiger partial charge on any atom is 0.128 e. The van der Waals surface area contributed by atoms with Gasteiger partial charge in [-0.3, -0.25) is 4.99 Å². The van der Waals surface area contributed by atoms with E-state index in [-0.39, 0.29) is 0 Å². The van der Waals surface area contributed by atoms with Crippen molar-refractivity contribution in [2.75, 3.05) is 24.2 Å². The SMILES string of the molecule is CN=C/C=C(\N)c1cc2nc(NC(C)C)cc(NCC3CC3)c2s1. The Morgan fingerprint density at radius 2 is 2.25 bits per heavy atom. The van der Waals surface area contributed by atoms with Gasteiger partial charge in [-0.25, -0.2) is 4.98 Å². The van der Waals surface area contributed by atoms with E-state index < -0.39 is 0 Å². The van der Waals surface area contributed by atoms with Crippen molar-refractivity contribution in [3.05, 3.63) is 23.1 Å². The lowest BCUT2D eigenvalue weighted by molar-refractivity contribution is 0.885. The van der Waals surface area contributed by atoms with E-state index >= 15 is 0 Å². The molecule has 24 heavy (non-hydrogen) atoms. The monoisotopic (exact) mass is 343 g/mol. The predicted octanol–water partition coefficient (Wildman–Crippen LogP) is 3.94. The molecule has 0 radical (unpaired) electrons. The Morgan fingerprint density at radius 3 is 2.92 bits per heavy atom. The van der Waals surface area contributed by atoms with Crippen LogP contribution in [-0.4, -0.2) is 30.8 Å². The summed E-state index contributed by atoms with van der Waals surface area (Å²) in [7, 11) is 1.74. The quantitative estimate of drug-likeness (QED) is 0.666. The van der Waals surface area contributed by atoms with E-state index in [1.54, 1.807) is 24.6 Å². The molecule has 0 spiro atoms. The van der Waals surface area contributed by atoms with Crippen LogP contribution in [0.15, 0.2) is 23.2 Å². The molecule has 0 saturated heterocycles. The van der Waals surface area contributed by atoms with Gasteiger partial charge in [-0.1, -0.05) is 0 Å². The lowest BCUT2D eigenvalue weighted by atomic mass is 10.2. The highest BCUT2D eigenvalue weighted by atomic mass is 32.1. The predicted molar refractivity (Wildman–Crippen MR) is 106 cm³/mol. The second kappa shape index (κ2) is 7.21. The van der Waals surface area contributed by atoms with E-state index in [0.29, 0.717) is 6.04 Å².